The molecule has 0 saturated carbocycles. The number of carbonyl (C=O) groups excluding carboxylic acids is 2. The predicted molar refractivity (Wildman–Crippen MR) is 78.0 cm³/mol. The number of imidazole rings is 1. The molecule has 6 heteroatoms. The van der Waals surface area contributed by atoms with Crippen LogP contribution in [-0.2, 0) is 23.1 Å². The Balaban J connectivity index is 2.24. The van der Waals surface area contributed by atoms with Gasteiger partial charge in [-0.05, 0) is 24.5 Å². The maximum Gasteiger partial charge on any atom is 0.329 e. The van der Waals surface area contributed by atoms with Crippen LogP contribution in [0.25, 0.3) is 11.0 Å². The maximum atomic E-state index is 12.5. The highest BCUT2D eigenvalue weighted by atomic mass is 16.2. The molecule has 2 aromatic rings. The molecule has 21 heavy (non-hydrogen) atoms. The second-order valence-electron chi connectivity index (χ2n) is 5.32. The number of hydrogen-bond donors (Lipinski definition) is 1. The first kappa shape index (κ1) is 13.6. The minimum Gasteiger partial charge on any atom is -0.295 e. The summed E-state index contributed by atoms with van der Waals surface area (Å²) in [6, 6.07) is 5.10. The van der Waals surface area contributed by atoms with Crippen LogP contribution < -0.4 is 11.0 Å². The van der Waals surface area contributed by atoms with Crippen LogP contribution in [0.2, 0.25) is 0 Å². The van der Waals surface area contributed by atoms with Crippen LogP contribution in [0.5, 0.6) is 0 Å². The summed E-state index contributed by atoms with van der Waals surface area (Å²) in [4.78, 5) is 35.9. The van der Waals surface area contributed by atoms with Gasteiger partial charge in [-0.2, -0.15) is 0 Å². The van der Waals surface area contributed by atoms with Crippen LogP contribution in [0, 0.1) is 0 Å². The molecule has 1 aliphatic heterocycles. The lowest BCUT2D eigenvalue weighted by atomic mass is 10.1. The fourth-order valence-corrected chi connectivity index (χ4v) is 3.03. The smallest absolute Gasteiger partial charge is 0.295 e. The minimum atomic E-state index is -0.619. The summed E-state index contributed by atoms with van der Waals surface area (Å²) in [5.74, 6) is -0.679. The van der Waals surface area contributed by atoms with Gasteiger partial charge < -0.3 is 0 Å². The molecule has 0 aliphatic carbocycles. The zero-order valence-corrected chi connectivity index (χ0v) is 12.0. The largest absolute Gasteiger partial charge is 0.329 e. The molecule has 0 radical (unpaired) electrons. The first-order valence-electron chi connectivity index (χ1n) is 7.07. The highest BCUT2D eigenvalue weighted by Crippen LogP contribution is 2.24. The lowest BCUT2D eigenvalue weighted by Gasteiger charge is -2.21. The quantitative estimate of drug-likeness (QED) is 0.833. The number of hydrogen-bond acceptors (Lipinski definition) is 3. The minimum absolute atomic E-state index is 0.222. The number of amides is 2. The zero-order valence-electron chi connectivity index (χ0n) is 12.0. The Morgan fingerprint density at radius 1 is 1.29 bits per heavy atom. The first-order valence-corrected chi connectivity index (χ1v) is 7.07. The molecule has 1 aliphatic rings. The first-order chi connectivity index (χ1) is 10.0. The van der Waals surface area contributed by atoms with Crippen LogP contribution in [0.1, 0.15) is 31.4 Å². The van der Waals surface area contributed by atoms with E-state index in [1.807, 2.05) is 25.1 Å². The van der Waals surface area contributed by atoms with Crippen LogP contribution in [0.4, 0.5) is 0 Å². The molecule has 1 aromatic heterocycles. The van der Waals surface area contributed by atoms with E-state index >= 15 is 0 Å². The van der Waals surface area contributed by atoms with Crippen LogP contribution in [0.3, 0.4) is 0 Å². The van der Waals surface area contributed by atoms with E-state index in [4.69, 9.17) is 0 Å². The lowest BCUT2D eigenvalue weighted by molar-refractivity contribution is -0.135. The van der Waals surface area contributed by atoms with Crippen molar-refractivity contribution in [2.75, 3.05) is 0 Å². The third-order valence-electron chi connectivity index (χ3n) is 4.09. The molecule has 1 fully saturated rings. The summed E-state index contributed by atoms with van der Waals surface area (Å²) >= 11 is 0. The number of piperidine rings is 1. The van der Waals surface area contributed by atoms with Gasteiger partial charge in [0.1, 0.15) is 6.04 Å². The SMILES string of the molecule is CCc1cccc2c1n(C)c(=O)n2C1CCC(=O)NC1=O. The molecule has 1 unspecified atom stereocenters. The number of benzene rings is 1. The second-order valence-corrected chi connectivity index (χ2v) is 5.32. The maximum absolute atomic E-state index is 12.5. The van der Waals surface area contributed by atoms with E-state index in [-0.39, 0.29) is 18.0 Å². The predicted octanol–water partition coefficient (Wildman–Crippen LogP) is 0.880. The number of nitrogens with one attached hydrogen (secondary N) is 1. The summed E-state index contributed by atoms with van der Waals surface area (Å²) < 4.78 is 3.09. The average Bonchev–Trinajstić information content (AvgIpc) is 2.72. The van der Waals surface area contributed by atoms with Gasteiger partial charge in [0.2, 0.25) is 11.8 Å². The molecule has 1 atom stereocenters. The van der Waals surface area contributed by atoms with Gasteiger partial charge in [-0.15, -0.1) is 0 Å². The zero-order chi connectivity index (χ0) is 15.1. The molecule has 3 rings (SSSR count). The summed E-state index contributed by atoms with van der Waals surface area (Å²) in [7, 11) is 1.71. The molecule has 6 nitrogen and oxygen atoms in total. The van der Waals surface area contributed by atoms with Gasteiger partial charge in [0.05, 0.1) is 11.0 Å². The van der Waals surface area contributed by atoms with Gasteiger partial charge in [-0.3, -0.25) is 24.0 Å². The van der Waals surface area contributed by atoms with Crippen molar-refractivity contribution < 1.29 is 9.59 Å². The Morgan fingerprint density at radius 2 is 2.05 bits per heavy atom. The number of carbonyl (C=O) groups is 2. The molecule has 0 bridgehead atoms. The summed E-state index contributed by atoms with van der Waals surface area (Å²) in [5, 5.41) is 2.31. The highest BCUT2D eigenvalue weighted by Gasteiger charge is 2.31. The molecule has 110 valence electrons. The molecular weight excluding hydrogens is 270 g/mol. The van der Waals surface area contributed by atoms with E-state index in [1.165, 1.54) is 4.57 Å². The van der Waals surface area contributed by atoms with Crippen molar-refractivity contribution in [3.8, 4) is 0 Å². The summed E-state index contributed by atoms with van der Waals surface area (Å²) in [6.07, 6.45) is 1.43. The third-order valence-corrected chi connectivity index (χ3v) is 4.09. The van der Waals surface area contributed by atoms with Crippen molar-refractivity contribution in [3.63, 3.8) is 0 Å². The number of para-hydroxylation sites is 1. The van der Waals surface area contributed by atoms with E-state index in [0.29, 0.717) is 6.42 Å². The fraction of sp³-hybridized carbons (Fsp3) is 0.400. The number of rotatable bonds is 2. The number of aryl methyl sites for hydroxylation is 2. The molecule has 0 spiro atoms. The second kappa shape index (κ2) is 4.87. The van der Waals surface area contributed by atoms with Crippen molar-refractivity contribution in [2.45, 2.75) is 32.2 Å². The molecule has 2 heterocycles. The molecular formula is C15H17N3O3. The van der Waals surface area contributed by atoms with Crippen molar-refractivity contribution in [3.05, 3.63) is 34.2 Å². The van der Waals surface area contributed by atoms with Gasteiger partial charge in [0, 0.05) is 13.5 Å². The van der Waals surface area contributed by atoms with Crippen molar-refractivity contribution in [1.82, 2.24) is 14.5 Å². The Bertz CT molecular complexity index is 800. The molecule has 1 aromatic carbocycles. The number of fused-ring (bicyclic) bond motifs is 1. The normalized spacial score (nSPS) is 19.0. The van der Waals surface area contributed by atoms with Gasteiger partial charge in [0.25, 0.3) is 0 Å². The Morgan fingerprint density at radius 3 is 2.71 bits per heavy atom. The Labute approximate surface area is 121 Å². The van der Waals surface area contributed by atoms with Crippen molar-refractivity contribution in [1.29, 1.82) is 0 Å². The summed E-state index contributed by atoms with van der Waals surface area (Å²) in [5.41, 5.74) is 2.45. The average molecular weight is 287 g/mol. The number of imide groups is 1. The fourth-order valence-electron chi connectivity index (χ4n) is 3.03. The van der Waals surface area contributed by atoms with Crippen LogP contribution in [-0.4, -0.2) is 20.9 Å². The van der Waals surface area contributed by atoms with E-state index < -0.39 is 11.9 Å². The topological polar surface area (TPSA) is 73.1 Å². The van der Waals surface area contributed by atoms with E-state index in [9.17, 15) is 14.4 Å². The monoisotopic (exact) mass is 287 g/mol. The number of nitrogens with zero attached hydrogens (tertiary/aromatic N) is 2. The van der Waals surface area contributed by atoms with E-state index in [0.717, 1.165) is 23.0 Å². The van der Waals surface area contributed by atoms with Gasteiger partial charge in [0.15, 0.2) is 0 Å². The van der Waals surface area contributed by atoms with Gasteiger partial charge in [-0.25, -0.2) is 4.79 Å². The van der Waals surface area contributed by atoms with E-state index in [2.05, 4.69) is 5.32 Å². The number of aromatic nitrogens is 2. The van der Waals surface area contributed by atoms with E-state index in [1.54, 1.807) is 11.6 Å². The van der Waals surface area contributed by atoms with Gasteiger partial charge in [-0.1, -0.05) is 19.1 Å². The standard InChI is InChI=1S/C15H17N3O3/c1-3-9-5-4-6-10-13(9)17(2)15(21)18(10)11-7-8-12(19)16-14(11)20/h4-6,11H,3,7-8H2,1-2H3,(H,16,19,20). The lowest BCUT2D eigenvalue weighted by Crippen LogP contribution is -2.44. The van der Waals surface area contributed by atoms with Crippen molar-refractivity contribution >= 4 is 22.8 Å². The highest BCUT2D eigenvalue weighted by molar-refractivity contribution is 6.00. The molecule has 2 amide bonds. The van der Waals surface area contributed by atoms with Crippen LogP contribution >= 0.6 is 0 Å². The van der Waals surface area contributed by atoms with Crippen molar-refractivity contribution in [2.24, 2.45) is 7.05 Å². The van der Waals surface area contributed by atoms with Crippen LogP contribution in [0.15, 0.2) is 23.0 Å². The Kier molecular flexibility index (Phi) is 3.16. The third kappa shape index (κ3) is 1.98. The Hall–Kier alpha value is -2.37. The van der Waals surface area contributed by atoms with Gasteiger partial charge >= 0.3 is 5.69 Å². The molecule has 1 N–H and O–H groups in total. The summed E-state index contributed by atoms with van der Waals surface area (Å²) in [6.45, 7) is 2.03. The molecule has 1 saturated heterocycles.